The van der Waals surface area contributed by atoms with Gasteiger partial charge >= 0.3 is 5.00 Å². The van der Waals surface area contributed by atoms with E-state index in [4.69, 9.17) is 0 Å². The summed E-state index contributed by atoms with van der Waals surface area (Å²) in [7, 11) is 0. The summed E-state index contributed by atoms with van der Waals surface area (Å²) in [5, 5.41) is 12.9. The minimum Gasteiger partial charge on any atom is -0.316 e. The van der Waals surface area contributed by atoms with E-state index in [1.165, 1.54) is 4.90 Å². The molecule has 4 heterocycles. The number of hydrogen-bond acceptors (Lipinski definition) is 7. The molecule has 2 aromatic heterocycles. The number of carbonyl (C=O) groups excluding carboxylic acids is 2. The number of thiophene rings is 1. The Bertz CT molecular complexity index is 1160. The highest BCUT2D eigenvalue weighted by Gasteiger charge is 2.36. The van der Waals surface area contributed by atoms with E-state index < -0.39 is 0 Å². The standard InChI is InChI=1S/C22H21N5O4S/c28-21-17-3-1-2-4-18(17)22(29)26(21)14-25-10-7-23-20(25)16-5-8-24(9-6-16)12-15-11-19(27(30)31)32-13-15/h1-4,7,10-11,13,16H,5-6,8-9,12,14H2. The predicted octanol–water partition coefficient (Wildman–Crippen LogP) is 3.49. The van der Waals surface area contributed by atoms with Gasteiger partial charge in [0.2, 0.25) is 0 Å². The van der Waals surface area contributed by atoms with E-state index in [2.05, 4.69) is 9.88 Å². The second kappa shape index (κ2) is 8.29. The van der Waals surface area contributed by atoms with Crippen LogP contribution in [0.1, 0.15) is 50.9 Å². The fourth-order valence-corrected chi connectivity index (χ4v) is 5.19. The van der Waals surface area contributed by atoms with Crippen molar-refractivity contribution in [1.82, 2.24) is 19.4 Å². The first-order chi connectivity index (χ1) is 15.5. The third-order valence-corrected chi connectivity index (χ3v) is 7.03. The first kappa shape index (κ1) is 20.5. The zero-order chi connectivity index (χ0) is 22.2. The van der Waals surface area contributed by atoms with Crippen LogP contribution in [0.15, 0.2) is 48.1 Å². The minimum atomic E-state index is -0.353. The monoisotopic (exact) mass is 451 g/mol. The lowest BCUT2D eigenvalue weighted by atomic mass is 9.95. The van der Waals surface area contributed by atoms with Gasteiger partial charge in [-0.05, 0) is 43.6 Å². The number of carbonyl (C=O) groups is 2. The van der Waals surface area contributed by atoms with Crippen LogP contribution in [0.4, 0.5) is 5.00 Å². The second-order valence-corrected chi connectivity index (χ2v) is 8.97. The molecule has 5 rings (SSSR count). The van der Waals surface area contributed by atoms with Gasteiger partial charge in [0, 0.05) is 36.3 Å². The fourth-order valence-electron chi connectivity index (χ4n) is 4.47. The van der Waals surface area contributed by atoms with Crippen LogP contribution in [0, 0.1) is 10.1 Å². The quantitative estimate of drug-likeness (QED) is 0.323. The molecule has 3 aromatic rings. The molecule has 1 saturated heterocycles. The second-order valence-electron chi connectivity index (χ2n) is 8.08. The average Bonchev–Trinajstić information content (AvgIpc) is 3.51. The summed E-state index contributed by atoms with van der Waals surface area (Å²) in [6.07, 6.45) is 5.32. The Kier molecular flexibility index (Phi) is 5.32. The third kappa shape index (κ3) is 3.71. The number of piperidine rings is 1. The number of fused-ring (bicyclic) bond motifs is 1. The van der Waals surface area contributed by atoms with E-state index in [9.17, 15) is 19.7 Å². The van der Waals surface area contributed by atoms with Crippen molar-refractivity contribution < 1.29 is 14.5 Å². The van der Waals surface area contributed by atoms with Gasteiger partial charge in [-0.25, -0.2) is 4.98 Å². The zero-order valence-electron chi connectivity index (χ0n) is 17.2. The van der Waals surface area contributed by atoms with Crippen LogP contribution < -0.4 is 0 Å². The molecule has 0 spiro atoms. The molecule has 0 bridgehead atoms. The molecule has 1 fully saturated rings. The first-order valence-electron chi connectivity index (χ1n) is 10.4. The van der Waals surface area contributed by atoms with Gasteiger partial charge in [0.1, 0.15) is 12.5 Å². The number of aromatic nitrogens is 2. The lowest BCUT2D eigenvalue weighted by Crippen LogP contribution is -2.35. The highest BCUT2D eigenvalue weighted by Crippen LogP contribution is 2.30. The molecular weight excluding hydrogens is 430 g/mol. The van der Waals surface area contributed by atoms with Gasteiger partial charge in [0.25, 0.3) is 11.8 Å². The van der Waals surface area contributed by atoms with Crippen molar-refractivity contribution in [3.8, 4) is 0 Å². The number of imide groups is 1. The van der Waals surface area contributed by atoms with E-state index in [1.54, 1.807) is 36.5 Å². The van der Waals surface area contributed by atoms with Crippen molar-refractivity contribution in [2.45, 2.75) is 32.0 Å². The molecule has 0 saturated carbocycles. The Morgan fingerprint density at radius 2 is 1.81 bits per heavy atom. The average molecular weight is 452 g/mol. The maximum atomic E-state index is 12.7. The molecule has 1 aromatic carbocycles. The van der Waals surface area contributed by atoms with Crippen molar-refractivity contribution in [3.05, 3.63) is 80.7 Å². The Labute approximate surface area is 188 Å². The van der Waals surface area contributed by atoms with Crippen LogP contribution >= 0.6 is 11.3 Å². The molecule has 164 valence electrons. The highest BCUT2D eigenvalue weighted by molar-refractivity contribution is 7.13. The number of nitrogens with zero attached hydrogens (tertiary/aromatic N) is 5. The molecule has 0 unspecified atom stereocenters. The summed E-state index contributed by atoms with van der Waals surface area (Å²) in [5.74, 6) is 0.565. The molecular formula is C22H21N5O4S. The normalized spacial score (nSPS) is 17.2. The minimum absolute atomic E-state index is 0.153. The molecule has 2 aliphatic rings. The van der Waals surface area contributed by atoms with Crippen LogP contribution in [0.5, 0.6) is 0 Å². The Balaban J connectivity index is 1.23. The number of imidazole rings is 1. The SMILES string of the molecule is O=C1c2ccccc2C(=O)N1Cn1ccnc1C1CCN(Cc2csc([N+](=O)[O-])c2)CC1. The molecule has 10 heteroatoms. The molecule has 2 aliphatic heterocycles. The molecule has 0 atom stereocenters. The number of hydrogen-bond donors (Lipinski definition) is 0. The number of benzene rings is 1. The van der Waals surface area contributed by atoms with Crippen LogP contribution in [-0.2, 0) is 13.2 Å². The van der Waals surface area contributed by atoms with Crippen molar-refractivity contribution in [2.24, 2.45) is 0 Å². The van der Waals surface area contributed by atoms with Gasteiger partial charge in [-0.15, -0.1) is 0 Å². The Morgan fingerprint density at radius 3 is 2.44 bits per heavy atom. The summed E-state index contributed by atoms with van der Waals surface area (Å²) in [4.78, 5) is 44.0. The Morgan fingerprint density at radius 1 is 1.12 bits per heavy atom. The summed E-state index contributed by atoms with van der Waals surface area (Å²) >= 11 is 1.16. The van der Waals surface area contributed by atoms with Crippen molar-refractivity contribution >= 4 is 28.2 Å². The number of amides is 2. The maximum absolute atomic E-state index is 12.7. The summed E-state index contributed by atoms with van der Waals surface area (Å²) in [6, 6.07) is 8.53. The zero-order valence-corrected chi connectivity index (χ0v) is 18.0. The number of likely N-dealkylation sites (tertiary alicyclic amines) is 1. The molecule has 0 aliphatic carbocycles. The van der Waals surface area contributed by atoms with Crippen LogP contribution in [0.25, 0.3) is 0 Å². The van der Waals surface area contributed by atoms with Crippen LogP contribution in [0.3, 0.4) is 0 Å². The van der Waals surface area contributed by atoms with E-state index in [0.717, 1.165) is 48.7 Å². The van der Waals surface area contributed by atoms with E-state index in [-0.39, 0.29) is 34.3 Å². The molecule has 32 heavy (non-hydrogen) atoms. The van der Waals surface area contributed by atoms with Gasteiger partial charge in [0.15, 0.2) is 0 Å². The van der Waals surface area contributed by atoms with E-state index >= 15 is 0 Å². The van der Waals surface area contributed by atoms with Crippen LogP contribution in [0.2, 0.25) is 0 Å². The van der Waals surface area contributed by atoms with Crippen molar-refractivity contribution in [3.63, 3.8) is 0 Å². The van der Waals surface area contributed by atoms with Gasteiger partial charge < -0.3 is 4.57 Å². The summed E-state index contributed by atoms with van der Waals surface area (Å²) in [6.45, 7) is 2.56. The summed E-state index contributed by atoms with van der Waals surface area (Å²) in [5.41, 5.74) is 1.86. The van der Waals surface area contributed by atoms with E-state index in [1.807, 2.05) is 16.1 Å². The maximum Gasteiger partial charge on any atom is 0.324 e. The Hall–Kier alpha value is -3.37. The topological polar surface area (TPSA) is 102 Å². The van der Waals surface area contributed by atoms with Gasteiger partial charge in [-0.1, -0.05) is 23.5 Å². The highest BCUT2D eigenvalue weighted by atomic mass is 32.1. The predicted molar refractivity (Wildman–Crippen MR) is 117 cm³/mol. The molecule has 0 radical (unpaired) electrons. The smallest absolute Gasteiger partial charge is 0.316 e. The molecule has 2 amide bonds. The van der Waals surface area contributed by atoms with Crippen molar-refractivity contribution in [2.75, 3.05) is 13.1 Å². The first-order valence-corrected chi connectivity index (χ1v) is 11.3. The lowest BCUT2D eigenvalue weighted by Gasteiger charge is -2.32. The van der Waals surface area contributed by atoms with E-state index in [0.29, 0.717) is 17.7 Å². The molecule has 0 N–H and O–H groups in total. The van der Waals surface area contributed by atoms with Gasteiger partial charge in [-0.2, -0.15) is 0 Å². The number of rotatable bonds is 6. The lowest BCUT2D eigenvalue weighted by molar-refractivity contribution is -0.380. The van der Waals surface area contributed by atoms with Crippen LogP contribution in [-0.4, -0.2) is 49.2 Å². The van der Waals surface area contributed by atoms with Crippen molar-refractivity contribution in [1.29, 1.82) is 0 Å². The summed E-state index contributed by atoms with van der Waals surface area (Å²) < 4.78 is 1.89. The third-order valence-electron chi connectivity index (χ3n) is 6.10. The molecule has 9 nitrogen and oxygen atoms in total. The van der Waals surface area contributed by atoms with Gasteiger partial charge in [0.05, 0.1) is 16.1 Å². The largest absolute Gasteiger partial charge is 0.324 e. The number of nitro groups is 1. The van der Waals surface area contributed by atoms with Gasteiger partial charge in [-0.3, -0.25) is 29.5 Å². The fraction of sp³-hybridized carbons (Fsp3) is 0.318.